The molecular weight excluding hydrogens is 379 g/mol. The molecule has 1 fully saturated rings. The molecule has 2 aromatic heterocycles. The molecule has 1 aliphatic rings. The third-order valence-corrected chi connectivity index (χ3v) is 5.44. The van der Waals surface area contributed by atoms with E-state index in [1.54, 1.807) is 6.07 Å². The van der Waals surface area contributed by atoms with Crippen molar-refractivity contribution >= 4 is 17.3 Å². The maximum atomic E-state index is 13.5. The number of hydrogen-bond acceptors (Lipinski definition) is 5. The van der Waals surface area contributed by atoms with Crippen LogP contribution in [0.4, 0.5) is 15.9 Å². The van der Waals surface area contributed by atoms with Crippen molar-refractivity contribution in [1.29, 1.82) is 0 Å². The summed E-state index contributed by atoms with van der Waals surface area (Å²) in [5.41, 5.74) is 3.01. The molecule has 152 valence electrons. The first-order chi connectivity index (χ1) is 14.7. The average molecular weight is 402 g/mol. The smallest absolute Gasteiger partial charge is 0.254 e. The number of piperazine rings is 1. The van der Waals surface area contributed by atoms with Crippen LogP contribution >= 0.6 is 0 Å². The minimum Gasteiger partial charge on any atom is -0.368 e. The minimum atomic E-state index is -0.248. The lowest BCUT2D eigenvalue weighted by atomic mass is 10.1. The largest absolute Gasteiger partial charge is 0.368 e. The number of fused-ring (bicyclic) bond motifs is 1. The van der Waals surface area contributed by atoms with Crippen molar-refractivity contribution in [1.82, 2.24) is 19.6 Å². The van der Waals surface area contributed by atoms with Gasteiger partial charge >= 0.3 is 0 Å². The molecule has 3 heterocycles. The molecule has 0 bridgehead atoms. The predicted octanol–water partition coefficient (Wildman–Crippen LogP) is 3.49. The molecular formula is C23H23FN6. The number of benzene rings is 2. The van der Waals surface area contributed by atoms with E-state index in [1.165, 1.54) is 17.8 Å². The fraction of sp³-hybridized carbons (Fsp3) is 0.261. The normalized spacial score (nSPS) is 14.5. The maximum Gasteiger partial charge on any atom is 0.254 e. The van der Waals surface area contributed by atoms with Gasteiger partial charge in [-0.15, -0.1) is 5.10 Å². The maximum absolute atomic E-state index is 13.5. The molecule has 0 saturated carbocycles. The molecule has 0 unspecified atom stereocenters. The van der Waals surface area contributed by atoms with Gasteiger partial charge in [-0.2, -0.15) is 9.50 Å². The van der Waals surface area contributed by atoms with Gasteiger partial charge in [0.2, 0.25) is 0 Å². The molecule has 0 spiro atoms. The zero-order chi connectivity index (χ0) is 20.5. The summed E-state index contributed by atoms with van der Waals surface area (Å²) in [5, 5.41) is 4.70. The number of para-hydroxylation sites is 1. The molecule has 0 atom stereocenters. The van der Waals surface area contributed by atoms with Crippen molar-refractivity contribution in [3.05, 3.63) is 83.6 Å². The highest BCUT2D eigenvalue weighted by molar-refractivity contribution is 5.52. The molecule has 6 nitrogen and oxygen atoms in total. The second-order valence-electron chi connectivity index (χ2n) is 7.61. The average Bonchev–Trinajstić information content (AvgIpc) is 3.16. The van der Waals surface area contributed by atoms with E-state index in [9.17, 15) is 4.39 Å². The Bertz CT molecular complexity index is 1170. The first kappa shape index (κ1) is 18.5. The van der Waals surface area contributed by atoms with Crippen LogP contribution in [0.1, 0.15) is 17.1 Å². The summed E-state index contributed by atoms with van der Waals surface area (Å²) >= 11 is 0. The van der Waals surface area contributed by atoms with Gasteiger partial charge in [0.25, 0.3) is 5.78 Å². The third kappa shape index (κ3) is 3.70. The Morgan fingerprint density at radius 1 is 0.867 bits per heavy atom. The molecule has 0 aliphatic carbocycles. The van der Waals surface area contributed by atoms with E-state index >= 15 is 0 Å². The molecule has 4 aromatic rings. The van der Waals surface area contributed by atoms with Crippen LogP contribution in [0.2, 0.25) is 0 Å². The van der Waals surface area contributed by atoms with Crippen molar-refractivity contribution in [3.8, 4) is 0 Å². The Balaban J connectivity index is 1.40. The van der Waals surface area contributed by atoms with E-state index in [2.05, 4.69) is 50.1 Å². The van der Waals surface area contributed by atoms with Gasteiger partial charge in [-0.05, 0) is 36.8 Å². The lowest BCUT2D eigenvalue weighted by Crippen LogP contribution is -2.47. The summed E-state index contributed by atoms with van der Waals surface area (Å²) in [6.45, 7) is 5.65. The Morgan fingerprint density at radius 3 is 2.40 bits per heavy atom. The molecule has 1 aliphatic heterocycles. The van der Waals surface area contributed by atoms with Crippen molar-refractivity contribution < 1.29 is 4.39 Å². The lowest BCUT2D eigenvalue weighted by molar-refractivity contribution is 0.625. The highest BCUT2D eigenvalue weighted by Crippen LogP contribution is 2.22. The van der Waals surface area contributed by atoms with E-state index in [4.69, 9.17) is 5.10 Å². The topological polar surface area (TPSA) is 49.6 Å². The second kappa shape index (κ2) is 7.74. The molecule has 1 saturated heterocycles. The number of hydrogen-bond donors (Lipinski definition) is 0. The zero-order valence-electron chi connectivity index (χ0n) is 16.9. The molecule has 5 rings (SSSR count). The SMILES string of the molecule is Cc1cc(N2CCN(c3ccccc3)CC2)n2nc(Cc3cccc(F)c3)nc2n1. The summed E-state index contributed by atoms with van der Waals surface area (Å²) in [5.74, 6) is 1.98. The van der Waals surface area contributed by atoms with E-state index in [-0.39, 0.29) is 5.82 Å². The van der Waals surface area contributed by atoms with Gasteiger partial charge in [-0.25, -0.2) is 9.37 Å². The van der Waals surface area contributed by atoms with Crippen LogP contribution in [-0.4, -0.2) is 45.8 Å². The van der Waals surface area contributed by atoms with E-state index < -0.39 is 0 Å². The first-order valence-electron chi connectivity index (χ1n) is 10.2. The van der Waals surface area contributed by atoms with Gasteiger partial charge in [0, 0.05) is 50.0 Å². The zero-order valence-corrected chi connectivity index (χ0v) is 16.9. The Hall–Kier alpha value is -3.48. The Morgan fingerprint density at radius 2 is 1.63 bits per heavy atom. The number of aromatic nitrogens is 4. The number of halogens is 1. The standard InChI is InChI=1S/C23H23FN6/c1-17-14-22(29-12-10-28(11-13-29)20-8-3-2-4-9-20)30-23(25-17)26-21(27-30)16-18-6-5-7-19(24)15-18/h2-9,14-15H,10-13,16H2,1H3. The monoisotopic (exact) mass is 402 g/mol. The summed E-state index contributed by atoms with van der Waals surface area (Å²) in [4.78, 5) is 13.9. The van der Waals surface area contributed by atoms with Crippen LogP contribution in [0, 0.1) is 12.7 Å². The quantitative estimate of drug-likeness (QED) is 0.523. The number of aryl methyl sites for hydroxylation is 1. The van der Waals surface area contributed by atoms with Gasteiger partial charge in [-0.3, -0.25) is 0 Å². The van der Waals surface area contributed by atoms with Crippen LogP contribution in [0.5, 0.6) is 0 Å². The fourth-order valence-corrected chi connectivity index (χ4v) is 3.97. The van der Waals surface area contributed by atoms with Crippen LogP contribution in [0.3, 0.4) is 0 Å². The Kier molecular flexibility index (Phi) is 4.78. The summed E-state index contributed by atoms with van der Waals surface area (Å²) in [6.07, 6.45) is 0.474. The van der Waals surface area contributed by atoms with Gasteiger partial charge in [0.05, 0.1) is 0 Å². The third-order valence-electron chi connectivity index (χ3n) is 5.44. The summed E-state index contributed by atoms with van der Waals surface area (Å²) in [6, 6.07) is 19.1. The number of anilines is 2. The summed E-state index contributed by atoms with van der Waals surface area (Å²) in [7, 11) is 0. The van der Waals surface area contributed by atoms with Gasteiger partial charge < -0.3 is 9.80 Å². The highest BCUT2D eigenvalue weighted by Gasteiger charge is 2.21. The van der Waals surface area contributed by atoms with Crippen LogP contribution in [0.15, 0.2) is 60.7 Å². The van der Waals surface area contributed by atoms with Crippen molar-refractivity contribution in [2.45, 2.75) is 13.3 Å². The predicted molar refractivity (Wildman–Crippen MR) is 116 cm³/mol. The first-order valence-corrected chi connectivity index (χ1v) is 10.2. The van der Waals surface area contributed by atoms with Crippen LogP contribution in [0.25, 0.3) is 5.78 Å². The van der Waals surface area contributed by atoms with Crippen LogP contribution in [-0.2, 0) is 6.42 Å². The second-order valence-corrected chi connectivity index (χ2v) is 7.61. The Labute approximate surface area is 174 Å². The van der Waals surface area contributed by atoms with Crippen molar-refractivity contribution in [2.24, 2.45) is 0 Å². The molecule has 30 heavy (non-hydrogen) atoms. The van der Waals surface area contributed by atoms with E-state index in [0.717, 1.165) is 43.3 Å². The van der Waals surface area contributed by atoms with Gasteiger partial charge in [0.15, 0.2) is 5.82 Å². The van der Waals surface area contributed by atoms with Gasteiger partial charge in [0.1, 0.15) is 11.6 Å². The van der Waals surface area contributed by atoms with E-state index in [1.807, 2.05) is 23.6 Å². The van der Waals surface area contributed by atoms with Gasteiger partial charge in [-0.1, -0.05) is 30.3 Å². The number of rotatable bonds is 4. The fourth-order valence-electron chi connectivity index (χ4n) is 3.97. The van der Waals surface area contributed by atoms with Crippen LogP contribution < -0.4 is 9.80 Å². The van der Waals surface area contributed by atoms with Crippen molar-refractivity contribution in [2.75, 3.05) is 36.0 Å². The number of nitrogens with zero attached hydrogens (tertiary/aromatic N) is 6. The highest BCUT2D eigenvalue weighted by atomic mass is 19.1. The molecule has 0 radical (unpaired) electrons. The molecule has 0 amide bonds. The van der Waals surface area contributed by atoms with Crippen molar-refractivity contribution in [3.63, 3.8) is 0 Å². The lowest BCUT2D eigenvalue weighted by Gasteiger charge is -2.37. The minimum absolute atomic E-state index is 0.248. The molecule has 2 aromatic carbocycles. The van der Waals surface area contributed by atoms with E-state index in [0.29, 0.717) is 18.0 Å². The molecule has 7 heteroatoms. The molecule has 0 N–H and O–H groups in total. The summed E-state index contributed by atoms with van der Waals surface area (Å²) < 4.78 is 15.3.